The Kier molecular flexibility index (Phi) is 4.78. The highest BCUT2D eigenvalue weighted by molar-refractivity contribution is 14.1. The molecule has 0 unspecified atom stereocenters. The quantitative estimate of drug-likeness (QED) is 0.617. The molecule has 5 nitrogen and oxygen atoms in total. The lowest BCUT2D eigenvalue weighted by atomic mass is 10.3. The second-order valence-corrected chi connectivity index (χ2v) is 6.62. The Bertz CT molecular complexity index is 560. The van der Waals surface area contributed by atoms with E-state index in [1.54, 1.807) is 0 Å². The van der Waals surface area contributed by atoms with Gasteiger partial charge in [0.05, 0.1) is 11.4 Å². The summed E-state index contributed by atoms with van der Waals surface area (Å²) in [6.45, 7) is 0. The van der Waals surface area contributed by atoms with Crippen molar-refractivity contribution in [2.45, 2.75) is 4.34 Å². The van der Waals surface area contributed by atoms with Crippen LogP contribution in [0.4, 0.5) is 10.8 Å². The summed E-state index contributed by atoms with van der Waals surface area (Å²) in [4.78, 5) is 11.7. The van der Waals surface area contributed by atoms with Crippen LogP contribution in [0.25, 0.3) is 0 Å². The molecule has 0 fully saturated rings. The first-order valence-electron chi connectivity index (χ1n) is 4.91. The lowest BCUT2D eigenvalue weighted by Crippen LogP contribution is -2.14. The van der Waals surface area contributed by atoms with Gasteiger partial charge in [-0.1, -0.05) is 35.2 Å². The van der Waals surface area contributed by atoms with Gasteiger partial charge in [-0.2, -0.15) is 0 Å². The molecule has 1 aromatic heterocycles. The molecule has 0 spiro atoms. The van der Waals surface area contributed by atoms with Crippen LogP contribution in [0.3, 0.4) is 0 Å². The Morgan fingerprint density at radius 3 is 2.89 bits per heavy atom. The Balaban J connectivity index is 1.88. The molecule has 2 aromatic rings. The topological polar surface area (TPSA) is 80.9 Å². The summed E-state index contributed by atoms with van der Waals surface area (Å²) in [7, 11) is 0. The van der Waals surface area contributed by atoms with Gasteiger partial charge in [-0.05, 0) is 34.7 Å². The third kappa shape index (κ3) is 3.82. The van der Waals surface area contributed by atoms with Crippen LogP contribution in [-0.2, 0) is 4.79 Å². The molecule has 0 aliphatic heterocycles. The van der Waals surface area contributed by atoms with Gasteiger partial charge in [0.25, 0.3) is 0 Å². The Hall–Kier alpha value is -0.870. The van der Waals surface area contributed by atoms with Crippen molar-refractivity contribution in [2.75, 3.05) is 16.8 Å². The lowest BCUT2D eigenvalue weighted by molar-refractivity contribution is -0.113. The highest BCUT2D eigenvalue weighted by Gasteiger charge is 2.08. The number of nitrogen functional groups attached to an aromatic ring is 1. The molecular formula is C10H9IN4OS2. The SMILES string of the molecule is Nc1nnc(SCC(=O)Nc2ccccc2I)s1. The molecule has 0 aliphatic rings. The standard InChI is InChI=1S/C10H9IN4OS2/c11-6-3-1-2-4-7(6)13-8(16)5-17-10-15-14-9(12)18-10/h1-4H,5H2,(H2,12,14)(H,13,16). The minimum atomic E-state index is -0.0714. The zero-order valence-corrected chi connectivity index (χ0v) is 12.9. The third-order valence-electron chi connectivity index (χ3n) is 1.90. The zero-order valence-electron chi connectivity index (χ0n) is 9.09. The van der Waals surface area contributed by atoms with E-state index in [9.17, 15) is 4.79 Å². The second-order valence-electron chi connectivity index (χ2n) is 3.22. The average Bonchev–Trinajstić information content (AvgIpc) is 2.76. The molecule has 0 radical (unpaired) electrons. The summed E-state index contributed by atoms with van der Waals surface area (Å²) in [6, 6.07) is 7.62. The average molecular weight is 392 g/mol. The van der Waals surface area contributed by atoms with E-state index in [0.717, 1.165) is 9.26 Å². The van der Waals surface area contributed by atoms with Crippen LogP contribution in [-0.4, -0.2) is 21.9 Å². The van der Waals surface area contributed by atoms with Crippen molar-refractivity contribution >= 4 is 62.4 Å². The Labute approximate surface area is 126 Å². The number of hydrogen-bond donors (Lipinski definition) is 2. The van der Waals surface area contributed by atoms with E-state index in [2.05, 4.69) is 38.1 Å². The van der Waals surface area contributed by atoms with Gasteiger partial charge >= 0.3 is 0 Å². The van der Waals surface area contributed by atoms with E-state index in [1.165, 1.54) is 23.1 Å². The fourth-order valence-electron chi connectivity index (χ4n) is 1.15. The molecular weight excluding hydrogens is 383 g/mol. The van der Waals surface area contributed by atoms with Crippen molar-refractivity contribution < 1.29 is 4.79 Å². The van der Waals surface area contributed by atoms with E-state index in [4.69, 9.17) is 5.73 Å². The van der Waals surface area contributed by atoms with Crippen LogP contribution >= 0.6 is 45.7 Å². The number of nitrogens with one attached hydrogen (secondary N) is 1. The van der Waals surface area contributed by atoms with Crippen molar-refractivity contribution in [2.24, 2.45) is 0 Å². The molecule has 0 aliphatic carbocycles. The van der Waals surface area contributed by atoms with Crippen LogP contribution in [0.5, 0.6) is 0 Å². The molecule has 3 N–H and O–H groups in total. The molecule has 1 amide bonds. The number of carbonyl (C=O) groups is 1. The van der Waals surface area contributed by atoms with Gasteiger partial charge < -0.3 is 11.1 Å². The van der Waals surface area contributed by atoms with E-state index < -0.39 is 0 Å². The lowest BCUT2D eigenvalue weighted by Gasteiger charge is -2.05. The number of amides is 1. The predicted octanol–water partition coefficient (Wildman–Crippen LogP) is 2.46. The van der Waals surface area contributed by atoms with Crippen LogP contribution in [0.1, 0.15) is 0 Å². The molecule has 1 aromatic carbocycles. The summed E-state index contributed by atoms with van der Waals surface area (Å²) >= 11 is 4.78. The molecule has 8 heteroatoms. The minimum Gasteiger partial charge on any atom is -0.374 e. The maximum Gasteiger partial charge on any atom is 0.234 e. The van der Waals surface area contributed by atoms with Crippen molar-refractivity contribution in [3.8, 4) is 0 Å². The molecule has 0 saturated carbocycles. The first-order valence-corrected chi connectivity index (χ1v) is 7.79. The zero-order chi connectivity index (χ0) is 13.0. The van der Waals surface area contributed by atoms with Gasteiger partial charge in [-0.25, -0.2) is 0 Å². The van der Waals surface area contributed by atoms with Gasteiger partial charge in [0.15, 0.2) is 4.34 Å². The number of nitrogens with zero attached hydrogens (tertiary/aromatic N) is 2. The molecule has 0 saturated heterocycles. The number of nitrogens with two attached hydrogens (primary N) is 1. The third-order valence-corrected chi connectivity index (χ3v) is 4.72. The van der Waals surface area contributed by atoms with E-state index in [0.29, 0.717) is 15.2 Å². The summed E-state index contributed by atoms with van der Waals surface area (Å²) in [5, 5.41) is 10.8. The number of carbonyl (C=O) groups excluding carboxylic acids is 1. The van der Waals surface area contributed by atoms with Crippen LogP contribution in [0, 0.1) is 3.57 Å². The molecule has 2 rings (SSSR count). The number of anilines is 2. The van der Waals surface area contributed by atoms with E-state index >= 15 is 0 Å². The maximum absolute atomic E-state index is 11.7. The van der Waals surface area contributed by atoms with Gasteiger partial charge in [-0.3, -0.25) is 4.79 Å². The molecule has 94 valence electrons. The molecule has 1 heterocycles. The van der Waals surface area contributed by atoms with Crippen LogP contribution in [0.15, 0.2) is 28.6 Å². The van der Waals surface area contributed by atoms with Gasteiger partial charge in [-0.15, -0.1) is 10.2 Å². The normalized spacial score (nSPS) is 10.3. The number of rotatable bonds is 4. The van der Waals surface area contributed by atoms with Gasteiger partial charge in [0.1, 0.15) is 0 Å². The van der Waals surface area contributed by atoms with Crippen molar-refractivity contribution in [3.05, 3.63) is 27.8 Å². The van der Waals surface area contributed by atoms with Crippen LogP contribution < -0.4 is 11.1 Å². The first kappa shape index (κ1) is 13.6. The highest BCUT2D eigenvalue weighted by atomic mass is 127. The Morgan fingerprint density at radius 2 is 2.22 bits per heavy atom. The maximum atomic E-state index is 11.7. The van der Waals surface area contributed by atoms with Crippen molar-refractivity contribution in [1.29, 1.82) is 0 Å². The number of para-hydroxylation sites is 1. The summed E-state index contributed by atoms with van der Waals surface area (Å²) in [5.74, 6) is 0.220. The molecule has 0 bridgehead atoms. The van der Waals surface area contributed by atoms with E-state index in [1.807, 2.05) is 24.3 Å². The summed E-state index contributed by atoms with van der Waals surface area (Å²) in [5.41, 5.74) is 6.28. The fourth-order valence-corrected chi connectivity index (χ4v) is 3.11. The number of hydrogen-bond acceptors (Lipinski definition) is 6. The number of benzene rings is 1. The largest absolute Gasteiger partial charge is 0.374 e. The summed E-state index contributed by atoms with van der Waals surface area (Å²) in [6.07, 6.45) is 0. The first-order chi connectivity index (χ1) is 8.65. The smallest absolute Gasteiger partial charge is 0.234 e. The van der Waals surface area contributed by atoms with Crippen molar-refractivity contribution in [1.82, 2.24) is 10.2 Å². The predicted molar refractivity (Wildman–Crippen MR) is 82.8 cm³/mol. The second kappa shape index (κ2) is 6.34. The fraction of sp³-hybridized carbons (Fsp3) is 0.100. The van der Waals surface area contributed by atoms with Crippen LogP contribution in [0.2, 0.25) is 0 Å². The van der Waals surface area contributed by atoms with E-state index in [-0.39, 0.29) is 5.91 Å². The minimum absolute atomic E-state index is 0.0714. The van der Waals surface area contributed by atoms with Gasteiger partial charge in [0, 0.05) is 3.57 Å². The monoisotopic (exact) mass is 392 g/mol. The number of halogens is 1. The number of aromatic nitrogens is 2. The molecule has 18 heavy (non-hydrogen) atoms. The summed E-state index contributed by atoms with van der Waals surface area (Å²) < 4.78 is 1.71. The number of thioether (sulfide) groups is 1. The molecule has 0 atom stereocenters. The highest BCUT2D eigenvalue weighted by Crippen LogP contribution is 2.24. The van der Waals surface area contributed by atoms with Gasteiger partial charge in [0.2, 0.25) is 11.0 Å². The Morgan fingerprint density at radius 1 is 1.44 bits per heavy atom. The van der Waals surface area contributed by atoms with Crippen molar-refractivity contribution in [3.63, 3.8) is 0 Å².